The van der Waals surface area contributed by atoms with Crippen LogP contribution < -0.4 is 10.6 Å². The average molecular weight is 362 g/mol. The first-order valence-corrected chi connectivity index (χ1v) is 9.14. The lowest BCUT2D eigenvalue weighted by Gasteiger charge is -2.33. The molecule has 6 nitrogen and oxygen atoms in total. The predicted octanol–water partition coefficient (Wildman–Crippen LogP) is 2.76. The fourth-order valence-corrected chi connectivity index (χ4v) is 3.57. The molecule has 0 spiro atoms. The summed E-state index contributed by atoms with van der Waals surface area (Å²) in [6.45, 7) is 2.94. The maximum absolute atomic E-state index is 12.0. The molecule has 1 heterocycles. The Labute approximate surface area is 151 Å². The minimum atomic E-state index is -0.711. The van der Waals surface area contributed by atoms with Gasteiger partial charge in [0.25, 0.3) is 0 Å². The summed E-state index contributed by atoms with van der Waals surface area (Å²) in [6.07, 6.45) is 9.89. The van der Waals surface area contributed by atoms with Crippen LogP contribution in [0.1, 0.15) is 64.2 Å². The third-order valence-electron chi connectivity index (χ3n) is 4.98. The van der Waals surface area contributed by atoms with E-state index in [1.165, 1.54) is 19.3 Å². The fourth-order valence-electron chi connectivity index (χ4n) is 3.57. The van der Waals surface area contributed by atoms with Crippen molar-refractivity contribution >= 4 is 24.4 Å². The second kappa shape index (κ2) is 11.5. The number of nitrogens with one attached hydrogen (secondary N) is 2. The minimum absolute atomic E-state index is 0. The number of urea groups is 1. The van der Waals surface area contributed by atoms with Gasteiger partial charge < -0.3 is 20.6 Å². The number of rotatable bonds is 7. The van der Waals surface area contributed by atoms with Crippen molar-refractivity contribution in [3.63, 3.8) is 0 Å². The van der Waals surface area contributed by atoms with Gasteiger partial charge in [0.1, 0.15) is 0 Å². The molecule has 0 bridgehead atoms. The smallest absolute Gasteiger partial charge is 0.315 e. The van der Waals surface area contributed by atoms with E-state index in [4.69, 9.17) is 5.11 Å². The van der Waals surface area contributed by atoms with E-state index in [0.717, 1.165) is 58.2 Å². The average Bonchev–Trinajstić information content (AvgIpc) is 2.54. The Morgan fingerprint density at radius 2 is 1.50 bits per heavy atom. The minimum Gasteiger partial charge on any atom is -0.481 e. The molecular formula is C17H32ClN3O3. The SMILES string of the molecule is Cl.O=C(O)CCCCN1CCC(NC(=O)NC2CCCCC2)CC1. The third-order valence-corrected chi connectivity index (χ3v) is 4.98. The first-order chi connectivity index (χ1) is 11.1. The molecule has 1 saturated carbocycles. The highest BCUT2D eigenvalue weighted by Crippen LogP contribution is 2.17. The second-order valence-electron chi connectivity index (χ2n) is 6.92. The number of hydrogen-bond donors (Lipinski definition) is 3. The molecule has 1 saturated heterocycles. The molecule has 1 aliphatic heterocycles. The molecule has 2 aliphatic rings. The number of hydrogen-bond acceptors (Lipinski definition) is 3. The molecule has 0 aromatic rings. The largest absolute Gasteiger partial charge is 0.481 e. The number of amides is 2. The lowest BCUT2D eigenvalue weighted by atomic mass is 9.96. The summed E-state index contributed by atoms with van der Waals surface area (Å²) in [5.41, 5.74) is 0. The van der Waals surface area contributed by atoms with Crippen LogP contribution in [0.5, 0.6) is 0 Å². The molecule has 140 valence electrons. The Balaban J connectivity index is 0.00000288. The fraction of sp³-hybridized carbons (Fsp3) is 0.882. The number of likely N-dealkylation sites (tertiary alicyclic amines) is 1. The van der Waals surface area contributed by atoms with Crippen LogP contribution in [0.25, 0.3) is 0 Å². The maximum atomic E-state index is 12.0. The number of carboxylic acids is 1. The van der Waals surface area contributed by atoms with Crippen molar-refractivity contribution in [2.24, 2.45) is 0 Å². The van der Waals surface area contributed by atoms with Gasteiger partial charge in [-0.2, -0.15) is 0 Å². The molecule has 0 aromatic carbocycles. The van der Waals surface area contributed by atoms with Gasteiger partial charge in [0.15, 0.2) is 0 Å². The normalized spacial score (nSPS) is 20.2. The summed E-state index contributed by atoms with van der Waals surface area (Å²) in [6, 6.07) is 0.628. The Kier molecular flexibility index (Phi) is 10.1. The predicted molar refractivity (Wildman–Crippen MR) is 96.7 cm³/mol. The zero-order chi connectivity index (χ0) is 16.5. The van der Waals surface area contributed by atoms with E-state index >= 15 is 0 Å². The number of piperidine rings is 1. The van der Waals surface area contributed by atoms with Crippen molar-refractivity contribution in [1.82, 2.24) is 15.5 Å². The van der Waals surface area contributed by atoms with Crippen LogP contribution in [-0.2, 0) is 4.79 Å². The highest BCUT2D eigenvalue weighted by Gasteiger charge is 2.22. The van der Waals surface area contributed by atoms with E-state index in [-0.39, 0.29) is 30.9 Å². The molecule has 0 unspecified atom stereocenters. The molecule has 2 fully saturated rings. The quantitative estimate of drug-likeness (QED) is 0.609. The number of carbonyl (C=O) groups is 2. The van der Waals surface area contributed by atoms with Gasteiger partial charge >= 0.3 is 12.0 Å². The highest BCUT2D eigenvalue weighted by molar-refractivity contribution is 5.85. The Morgan fingerprint density at radius 3 is 2.08 bits per heavy atom. The molecule has 0 radical (unpaired) electrons. The Hall–Kier alpha value is -1.01. The highest BCUT2D eigenvalue weighted by atomic mass is 35.5. The molecule has 0 atom stereocenters. The number of carbonyl (C=O) groups excluding carboxylic acids is 1. The standard InChI is InChI=1S/C17H31N3O3.ClH/c21-16(22)8-4-5-11-20-12-9-15(10-13-20)19-17(23)18-14-6-2-1-3-7-14;/h14-15H,1-13H2,(H,21,22)(H2,18,19,23);1H. The molecular weight excluding hydrogens is 330 g/mol. The van der Waals surface area contributed by atoms with E-state index in [1.807, 2.05) is 0 Å². The number of carboxylic acid groups (broad SMARTS) is 1. The maximum Gasteiger partial charge on any atom is 0.315 e. The van der Waals surface area contributed by atoms with Gasteiger partial charge in [-0.15, -0.1) is 12.4 Å². The monoisotopic (exact) mass is 361 g/mol. The summed E-state index contributed by atoms with van der Waals surface area (Å²) < 4.78 is 0. The lowest BCUT2D eigenvalue weighted by molar-refractivity contribution is -0.137. The summed E-state index contributed by atoms with van der Waals surface area (Å²) in [5.74, 6) is -0.711. The van der Waals surface area contributed by atoms with Crippen LogP contribution in [-0.4, -0.2) is 53.7 Å². The van der Waals surface area contributed by atoms with E-state index < -0.39 is 5.97 Å². The Bertz CT molecular complexity index is 381. The number of unbranched alkanes of at least 4 members (excludes halogenated alkanes) is 1. The molecule has 24 heavy (non-hydrogen) atoms. The molecule has 2 rings (SSSR count). The molecule has 1 aliphatic carbocycles. The van der Waals surface area contributed by atoms with E-state index in [9.17, 15) is 9.59 Å². The summed E-state index contributed by atoms with van der Waals surface area (Å²) >= 11 is 0. The van der Waals surface area contributed by atoms with E-state index in [0.29, 0.717) is 6.04 Å². The zero-order valence-corrected chi connectivity index (χ0v) is 15.3. The lowest BCUT2D eigenvalue weighted by Crippen LogP contribution is -2.50. The van der Waals surface area contributed by atoms with Crippen LogP contribution in [0, 0.1) is 0 Å². The van der Waals surface area contributed by atoms with Crippen molar-refractivity contribution in [2.45, 2.75) is 76.3 Å². The molecule has 0 aromatic heterocycles. The first-order valence-electron chi connectivity index (χ1n) is 9.14. The van der Waals surface area contributed by atoms with Crippen LogP contribution >= 0.6 is 12.4 Å². The summed E-state index contributed by atoms with van der Waals surface area (Å²) in [7, 11) is 0. The van der Waals surface area contributed by atoms with Crippen LogP contribution in [0.3, 0.4) is 0 Å². The molecule has 2 amide bonds. The summed E-state index contributed by atoms with van der Waals surface area (Å²) in [4.78, 5) is 24.9. The van der Waals surface area contributed by atoms with Gasteiger partial charge in [0, 0.05) is 31.6 Å². The number of nitrogens with zero attached hydrogens (tertiary/aromatic N) is 1. The van der Waals surface area contributed by atoms with Crippen molar-refractivity contribution in [3.05, 3.63) is 0 Å². The first kappa shape index (κ1) is 21.0. The second-order valence-corrected chi connectivity index (χ2v) is 6.92. The van der Waals surface area contributed by atoms with Crippen LogP contribution in [0.15, 0.2) is 0 Å². The summed E-state index contributed by atoms with van der Waals surface area (Å²) in [5, 5.41) is 14.9. The third kappa shape index (κ3) is 8.20. The van der Waals surface area contributed by atoms with Crippen LogP contribution in [0.2, 0.25) is 0 Å². The van der Waals surface area contributed by atoms with Gasteiger partial charge in [-0.25, -0.2) is 4.79 Å². The number of halogens is 1. The van der Waals surface area contributed by atoms with Gasteiger partial charge in [0.2, 0.25) is 0 Å². The van der Waals surface area contributed by atoms with Gasteiger partial charge in [0.05, 0.1) is 0 Å². The van der Waals surface area contributed by atoms with Crippen molar-refractivity contribution < 1.29 is 14.7 Å². The van der Waals surface area contributed by atoms with Gasteiger partial charge in [-0.3, -0.25) is 4.79 Å². The van der Waals surface area contributed by atoms with Crippen molar-refractivity contribution in [3.8, 4) is 0 Å². The molecule has 7 heteroatoms. The number of aliphatic carboxylic acids is 1. The molecule has 3 N–H and O–H groups in total. The topological polar surface area (TPSA) is 81.7 Å². The van der Waals surface area contributed by atoms with Crippen molar-refractivity contribution in [1.29, 1.82) is 0 Å². The van der Waals surface area contributed by atoms with E-state index in [2.05, 4.69) is 15.5 Å². The van der Waals surface area contributed by atoms with Crippen LogP contribution in [0.4, 0.5) is 4.79 Å². The zero-order valence-electron chi connectivity index (χ0n) is 14.5. The van der Waals surface area contributed by atoms with Gasteiger partial charge in [-0.05, 0) is 45.1 Å². The van der Waals surface area contributed by atoms with Crippen molar-refractivity contribution in [2.75, 3.05) is 19.6 Å². The Morgan fingerprint density at radius 1 is 0.917 bits per heavy atom. The van der Waals surface area contributed by atoms with E-state index in [1.54, 1.807) is 0 Å². The van der Waals surface area contributed by atoms with Gasteiger partial charge in [-0.1, -0.05) is 19.3 Å².